The summed E-state index contributed by atoms with van der Waals surface area (Å²) in [5.74, 6) is 0.902. The van der Waals surface area contributed by atoms with Crippen LogP contribution in [-0.2, 0) is 6.54 Å². The third-order valence-corrected chi connectivity index (χ3v) is 1.92. The fraction of sp³-hybridized carbons (Fsp3) is 0.750. The van der Waals surface area contributed by atoms with E-state index in [1.54, 1.807) is 6.33 Å². The molecule has 4 heteroatoms. The zero-order chi connectivity index (χ0) is 8.97. The number of hydrogen-bond acceptors (Lipinski definition) is 3. The van der Waals surface area contributed by atoms with E-state index in [-0.39, 0.29) is 6.04 Å². The van der Waals surface area contributed by atoms with Crippen LogP contribution < -0.4 is 5.73 Å². The molecule has 2 N–H and O–H groups in total. The van der Waals surface area contributed by atoms with Gasteiger partial charge in [0.25, 0.3) is 0 Å². The minimum Gasteiger partial charge on any atom is -0.321 e. The van der Waals surface area contributed by atoms with Crippen molar-refractivity contribution in [2.75, 3.05) is 0 Å². The van der Waals surface area contributed by atoms with Gasteiger partial charge in [-0.2, -0.15) is 0 Å². The van der Waals surface area contributed by atoms with Gasteiger partial charge in [0.05, 0.1) is 6.04 Å². The molecule has 1 aromatic heterocycles. The maximum Gasteiger partial charge on any atom is 0.149 e. The highest BCUT2D eigenvalue weighted by atomic mass is 15.3. The highest BCUT2D eigenvalue weighted by molar-refractivity contribution is 4.92. The van der Waals surface area contributed by atoms with Crippen LogP contribution >= 0.6 is 0 Å². The lowest BCUT2D eigenvalue weighted by atomic mass is 10.2. The molecule has 1 aromatic rings. The van der Waals surface area contributed by atoms with Crippen molar-refractivity contribution in [1.82, 2.24) is 14.8 Å². The predicted octanol–water partition coefficient (Wildman–Crippen LogP) is 1.10. The van der Waals surface area contributed by atoms with E-state index < -0.39 is 0 Å². The van der Waals surface area contributed by atoms with Crippen molar-refractivity contribution in [3.63, 3.8) is 0 Å². The van der Waals surface area contributed by atoms with E-state index >= 15 is 0 Å². The van der Waals surface area contributed by atoms with Crippen LogP contribution in [0.4, 0.5) is 0 Å². The summed E-state index contributed by atoms with van der Waals surface area (Å²) in [6, 6.07) is 0.0393. The topological polar surface area (TPSA) is 56.7 Å². The minimum absolute atomic E-state index is 0.0393. The molecule has 1 atom stereocenters. The predicted molar refractivity (Wildman–Crippen MR) is 47.5 cm³/mol. The molecule has 0 aliphatic carbocycles. The quantitative estimate of drug-likeness (QED) is 0.732. The second-order valence-electron chi connectivity index (χ2n) is 2.87. The number of nitrogens with two attached hydrogens (primary N) is 1. The van der Waals surface area contributed by atoms with Crippen molar-refractivity contribution in [2.24, 2.45) is 5.73 Å². The summed E-state index contributed by atoms with van der Waals surface area (Å²) in [5.41, 5.74) is 5.90. The highest BCUT2D eigenvalue weighted by Crippen LogP contribution is 2.11. The summed E-state index contributed by atoms with van der Waals surface area (Å²) in [6.07, 6.45) is 3.78. The Labute approximate surface area is 72.8 Å². The average Bonchev–Trinajstić information content (AvgIpc) is 2.51. The van der Waals surface area contributed by atoms with Crippen LogP contribution in [-0.4, -0.2) is 14.8 Å². The van der Waals surface area contributed by atoms with Gasteiger partial charge in [0.15, 0.2) is 0 Å². The molecule has 4 nitrogen and oxygen atoms in total. The van der Waals surface area contributed by atoms with Crippen molar-refractivity contribution in [2.45, 2.75) is 39.3 Å². The number of aryl methyl sites for hydroxylation is 1. The lowest BCUT2D eigenvalue weighted by molar-refractivity contribution is 0.559. The number of rotatable bonds is 4. The molecule has 0 amide bonds. The van der Waals surface area contributed by atoms with Crippen molar-refractivity contribution in [3.8, 4) is 0 Å². The van der Waals surface area contributed by atoms with Crippen LogP contribution in [0.25, 0.3) is 0 Å². The molecule has 0 saturated heterocycles. The summed E-state index contributed by atoms with van der Waals surface area (Å²) >= 11 is 0. The first-order valence-corrected chi connectivity index (χ1v) is 4.42. The lowest BCUT2D eigenvalue weighted by Gasteiger charge is -2.09. The van der Waals surface area contributed by atoms with Crippen LogP contribution in [0.1, 0.15) is 38.6 Å². The Morgan fingerprint density at radius 1 is 1.58 bits per heavy atom. The van der Waals surface area contributed by atoms with Gasteiger partial charge < -0.3 is 10.3 Å². The summed E-state index contributed by atoms with van der Waals surface area (Å²) in [7, 11) is 0. The first-order valence-electron chi connectivity index (χ1n) is 4.42. The molecule has 0 aliphatic heterocycles. The molecule has 0 aliphatic rings. The summed E-state index contributed by atoms with van der Waals surface area (Å²) < 4.78 is 1.99. The maximum absolute atomic E-state index is 5.90. The molecule has 0 aromatic carbocycles. The Morgan fingerprint density at radius 2 is 2.33 bits per heavy atom. The second kappa shape index (κ2) is 4.21. The molecule has 0 saturated carbocycles. The third-order valence-electron chi connectivity index (χ3n) is 1.92. The average molecular weight is 168 g/mol. The number of nitrogens with zero attached hydrogens (tertiary/aromatic N) is 3. The summed E-state index contributed by atoms with van der Waals surface area (Å²) in [5, 5.41) is 7.82. The zero-order valence-electron chi connectivity index (χ0n) is 7.70. The van der Waals surface area contributed by atoms with Gasteiger partial charge >= 0.3 is 0 Å². The smallest absolute Gasteiger partial charge is 0.149 e. The van der Waals surface area contributed by atoms with E-state index in [9.17, 15) is 0 Å². The molecule has 0 bridgehead atoms. The molecule has 1 heterocycles. The van der Waals surface area contributed by atoms with E-state index in [4.69, 9.17) is 5.73 Å². The van der Waals surface area contributed by atoms with Gasteiger partial charge in [-0.25, -0.2) is 0 Å². The number of hydrogen-bond donors (Lipinski definition) is 1. The van der Waals surface area contributed by atoms with E-state index in [0.717, 1.165) is 25.2 Å². The van der Waals surface area contributed by atoms with E-state index in [1.165, 1.54) is 0 Å². The highest BCUT2D eigenvalue weighted by Gasteiger charge is 2.10. The molecule has 0 fully saturated rings. The van der Waals surface area contributed by atoms with Crippen LogP contribution in [0.5, 0.6) is 0 Å². The molecule has 1 unspecified atom stereocenters. The van der Waals surface area contributed by atoms with E-state index in [2.05, 4.69) is 24.0 Å². The van der Waals surface area contributed by atoms with Gasteiger partial charge in [0.1, 0.15) is 12.2 Å². The molecule has 0 spiro atoms. The molecule has 12 heavy (non-hydrogen) atoms. The third kappa shape index (κ3) is 1.82. The zero-order valence-corrected chi connectivity index (χ0v) is 7.70. The Hall–Kier alpha value is -0.900. The first-order chi connectivity index (χ1) is 5.79. The van der Waals surface area contributed by atoms with Crippen LogP contribution in [0.15, 0.2) is 6.33 Å². The lowest BCUT2D eigenvalue weighted by Crippen LogP contribution is -2.15. The van der Waals surface area contributed by atoms with Gasteiger partial charge in [0.2, 0.25) is 0 Å². The molecular weight excluding hydrogens is 152 g/mol. The minimum atomic E-state index is 0.0393. The first kappa shape index (κ1) is 9.19. The van der Waals surface area contributed by atoms with Gasteiger partial charge in [-0.3, -0.25) is 0 Å². The van der Waals surface area contributed by atoms with Gasteiger partial charge in [0, 0.05) is 6.54 Å². The van der Waals surface area contributed by atoms with Crippen molar-refractivity contribution in [1.29, 1.82) is 0 Å². The fourth-order valence-electron chi connectivity index (χ4n) is 1.23. The number of aromatic nitrogens is 3. The second-order valence-corrected chi connectivity index (χ2v) is 2.87. The monoisotopic (exact) mass is 168 g/mol. The van der Waals surface area contributed by atoms with Crippen molar-refractivity contribution < 1.29 is 0 Å². The fourth-order valence-corrected chi connectivity index (χ4v) is 1.23. The Balaban J connectivity index is 2.71. The van der Waals surface area contributed by atoms with Gasteiger partial charge in [-0.05, 0) is 13.3 Å². The molecule has 0 radical (unpaired) electrons. The largest absolute Gasteiger partial charge is 0.321 e. The van der Waals surface area contributed by atoms with Crippen LogP contribution in [0.2, 0.25) is 0 Å². The standard InChI is InChI=1S/C8H16N4/c1-3-5-7(9)8-11-10-6-12(8)4-2/h6-7H,3-5,9H2,1-2H3. The Kier molecular flexibility index (Phi) is 3.22. The molecular formula is C8H16N4. The molecule has 1 rings (SSSR count). The van der Waals surface area contributed by atoms with E-state index in [1.807, 2.05) is 4.57 Å². The molecule has 68 valence electrons. The normalized spacial score (nSPS) is 13.2. The van der Waals surface area contributed by atoms with Gasteiger partial charge in [-0.15, -0.1) is 10.2 Å². The van der Waals surface area contributed by atoms with Crippen molar-refractivity contribution >= 4 is 0 Å². The summed E-state index contributed by atoms with van der Waals surface area (Å²) in [4.78, 5) is 0. The van der Waals surface area contributed by atoms with Gasteiger partial charge in [-0.1, -0.05) is 13.3 Å². The maximum atomic E-state index is 5.90. The van der Waals surface area contributed by atoms with Crippen LogP contribution in [0.3, 0.4) is 0 Å². The Morgan fingerprint density at radius 3 is 2.92 bits per heavy atom. The van der Waals surface area contributed by atoms with Crippen molar-refractivity contribution in [3.05, 3.63) is 12.2 Å². The van der Waals surface area contributed by atoms with E-state index in [0.29, 0.717) is 0 Å². The van der Waals surface area contributed by atoms with Crippen LogP contribution in [0, 0.1) is 0 Å². The SMILES string of the molecule is CCCC(N)c1nncn1CC. The summed E-state index contributed by atoms with van der Waals surface area (Å²) in [6.45, 7) is 5.07. The Bertz CT molecular complexity index is 231.